The van der Waals surface area contributed by atoms with E-state index in [1.54, 1.807) is 32.4 Å². The lowest BCUT2D eigenvalue weighted by atomic mass is 10.1. The van der Waals surface area contributed by atoms with Gasteiger partial charge in [-0.15, -0.1) is 0 Å². The van der Waals surface area contributed by atoms with Crippen LogP contribution in [0.25, 0.3) is 11.3 Å². The van der Waals surface area contributed by atoms with Crippen LogP contribution in [0, 0.1) is 0 Å². The summed E-state index contributed by atoms with van der Waals surface area (Å²) in [4.78, 5) is 18.7. The van der Waals surface area contributed by atoms with E-state index in [1.165, 1.54) is 0 Å². The molecule has 8 nitrogen and oxygen atoms in total. The summed E-state index contributed by atoms with van der Waals surface area (Å²) in [6, 6.07) is 17.4. The lowest BCUT2D eigenvalue weighted by Gasteiger charge is -2.31. The van der Waals surface area contributed by atoms with Gasteiger partial charge in [0.1, 0.15) is 6.61 Å². The number of benzene rings is 2. The Kier molecular flexibility index (Phi) is 8.62. The van der Waals surface area contributed by atoms with Crippen LogP contribution in [0.3, 0.4) is 0 Å². The van der Waals surface area contributed by atoms with Crippen molar-refractivity contribution < 1.29 is 28.5 Å². The van der Waals surface area contributed by atoms with E-state index in [-0.39, 0.29) is 18.8 Å². The van der Waals surface area contributed by atoms with E-state index in [2.05, 4.69) is 4.98 Å². The number of likely N-dealkylation sites (tertiary alicyclic amines) is 1. The fourth-order valence-corrected chi connectivity index (χ4v) is 4.18. The number of amides is 1. The highest BCUT2D eigenvalue weighted by Crippen LogP contribution is 2.40. The summed E-state index contributed by atoms with van der Waals surface area (Å²) < 4.78 is 28.0. The second-order valence-electron chi connectivity index (χ2n) is 8.50. The van der Waals surface area contributed by atoms with Gasteiger partial charge in [0.2, 0.25) is 5.75 Å². The van der Waals surface area contributed by atoms with Crippen LogP contribution >= 0.6 is 0 Å². The zero-order chi connectivity index (χ0) is 25.3. The molecule has 0 bridgehead atoms. The smallest absolute Gasteiger partial charge is 0.410 e. The van der Waals surface area contributed by atoms with Gasteiger partial charge in [-0.05, 0) is 48.2 Å². The fourth-order valence-electron chi connectivity index (χ4n) is 4.18. The lowest BCUT2D eigenvalue weighted by molar-refractivity contribution is -0.00397. The van der Waals surface area contributed by atoms with Crippen molar-refractivity contribution in [2.24, 2.45) is 0 Å². The number of pyridine rings is 1. The van der Waals surface area contributed by atoms with Crippen molar-refractivity contribution in [3.63, 3.8) is 0 Å². The maximum Gasteiger partial charge on any atom is 0.410 e. The van der Waals surface area contributed by atoms with E-state index in [9.17, 15) is 4.79 Å². The van der Waals surface area contributed by atoms with Crippen molar-refractivity contribution in [2.75, 3.05) is 34.4 Å². The Morgan fingerprint density at radius 1 is 0.889 bits per heavy atom. The highest BCUT2D eigenvalue weighted by Gasteiger charge is 2.24. The summed E-state index contributed by atoms with van der Waals surface area (Å²) in [5.74, 6) is 1.69. The van der Waals surface area contributed by atoms with E-state index in [0.29, 0.717) is 36.9 Å². The Bertz CT molecular complexity index is 1120. The van der Waals surface area contributed by atoms with Crippen molar-refractivity contribution in [3.8, 4) is 28.5 Å². The molecule has 4 rings (SSSR count). The Labute approximate surface area is 211 Å². The third-order valence-corrected chi connectivity index (χ3v) is 6.18. The predicted molar refractivity (Wildman–Crippen MR) is 135 cm³/mol. The van der Waals surface area contributed by atoms with Gasteiger partial charge in [-0.3, -0.25) is 4.98 Å². The molecule has 1 amide bonds. The number of nitrogens with zero attached hydrogens (tertiary/aromatic N) is 2. The minimum atomic E-state index is -0.276. The van der Waals surface area contributed by atoms with Gasteiger partial charge in [0.15, 0.2) is 11.5 Å². The average Bonchev–Trinajstić information content (AvgIpc) is 2.94. The van der Waals surface area contributed by atoms with E-state index in [4.69, 9.17) is 23.7 Å². The van der Waals surface area contributed by atoms with Gasteiger partial charge in [0.05, 0.1) is 39.7 Å². The van der Waals surface area contributed by atoms with Crippen LogP contribution in [0.2, 0.25) is 0 Å². The molecule has 2 heterocycles. The first-order valence-electron chi connectivity index (χ1n) is 11.9. The topological polar surface area (TPSA) is 79.4 Å². The average molecular weight is 493 g/mol. The Morgan fingerprint density at radius 2 is 1.58 bits per heavy atom. The Hall–Kier alpha value is -3.78. The SMILES string of the molecule is COc1cc(-c2cc(COC3CCN(C(=O)OCc4ccccc4)CC3)ccn2)cc(OC)c1OC. The standard InChI is InChI=1S/C28H32N2O6/c1-32-25-16-22(17-26(33-2)27(25)34-3)24-15-21(9-12-29-24)19-35-23-10-13-30(14-11-23)28(31)36-18-20-7-5-4-6-8-20/h4-9,12,15-17,23H,10-11,13-14,18-19H2,1-3H3. The van der Waals surface area contributed by atoms with Crippen molar-refractivity contribution in [1.29, 1.82) is 0 Å². The third-order valence-electron chi connectivity index (χ3n) is 6.18. The number of carbonyl (C=O) groups excluding carboxylic acids is 1. The molecule has 2 aromatic carbocycles. The molecule has 1 aromatic heterocycles. The maximum atomic E-state index is 12.4. The largest absolute Gasteiger partial charge is 0.493 e. The van der Waals surface area contributed by atoms with Crippen LogP contribution in [0.1, 0.15) is 24.0 Å². The molecule has 0 N–H and O–H groups in total. The molecule has 0 unspecified atom stereocenters. The number of rotatable bonds is 9. The molecule has 3 aromatic rings. The zero-order valence-corrected chi connectivity index (χ0v) is 20.9. The number of piperidine rings is 1. The molecular formula is C28H32N2O6. The second-order valence-corrected chi connectivity index (χ2v) is 8.50. The first-order chi connectivity index (χ1) is 17.6. The normalized spacial score (nSPS) is 13.8. The predicted octanol–water partition coefficient (Wildman–Crippen LogP) is 5.09. The van der Waals surface area contributed by atoms with Crippen LogP contribution < -0.4 is 14.2 Å². The molecule has 1 aliphatic rings. The number of ether oxygens (including phenoxy) is 5. The summed E-state index contributed by atoms with van der Waals surface area (Å²) in [6.45, 7) is 1.98. The quantitative estimate of drug-likeness (QED) is 0.412. The van der Waals surface area contributed by atoms with E-state index in [0.717, 1.165) is 35.2 Å². The molecule has 1 fully saturated rings. The van der Waals surface area contributed by atoms with Gasteiger partial charge in [-0.1, -0.05) is 30.3 Å². The lowest BCUT2D eigenvalue weighted by Crippen LogP contribution is -2.41. The summed E-state index contributed by atoms with van der Waals surface area (Å²) in [7, 11) is 4.76. The molecule has 36 heavy (non-hydrogen) atoms. The maximum absolute atomic E-state index is 12.4. The number of hydrogen-bond donors (Lipinski definition) is 0. The van der Waals surface area contributed by atoms with E-state index >= 15 is 0 Å². The molecular weight excluding hydrogens is 460 g/mol. The molecule has 0 atom stereocenters. The molecule has 190 valence electrons. The van der Waals surface area contributed by atoms with Crippen molar-refractivity contribution in [1.82, 2.24) is 9.88 Å². The minimum Gasteiger partial charge on any atom is -0.493 e. The number of aromatic nitrogens is 1. The van der Waals surface area contributed by atoms with E-state index < -0.39 is 0 Å². The van der Waals surface area contributed by atoms with Crippen molar-refractivity contribution in [2.45, 2.75) is 32.2 Å². The monoisotopic (exact) mass is 492 g/mol. The fraction of sp³-hybridized carbons (Fsp3) is 0.357. The minimum absolute atomic E-state index is 0.0842. The van der Waals surface area contributed by atoms with Gasteiger partial charge in [0.25, 0.3) is 0 Å². The molecule has 1 saturated heterocycles. The van der Waals surface area contributed by atoms with Crippen LogP contribution in [0.15, 0.2) is 60.8 Å². The Balaban J connectivity index is 1.30. The highest BCUT2D eigenvalue weighted by molar-refractivity contribution is 5.69. The first-order valence-corrected chi connectivity index (χ1v) is 11.9. The Morgan fingerprint density at radius 3 is 2.22 bits per heavy atom. The van der Waals surface area contributed by atoms with Crippen LogP contribution in [0.5, 0.6) is 17.2 Å². The molecule has 0 aliphatic carbocycles. The molecule has 0 spiro atoms. The van der Waals surface area contributed by atoms with Gasteiger partial charge in [0, 0.05) is 24.8 Å². The van der Waals surface area contributed by atoms with Gasteiger partial charge in [-0.2, -0.15) is 0 Å². The summed E-state index contributed by atoms with van der Waals surface area (Å²) in [5.41, 5.74) is 3.63. The van der Waals surface area contributed by atoms with Crippen molar-refractivity contribution in [3.05, 3.63) is 71.9 Å². The van der Waals surface area contributed by atoms with Gasteiger partial charge >= 0.3 is 6.09 Å². The van der Waals surface area contributed by atoms with Crippen molar-refractivity contribution >= 4 is 6.09 Å². The van der Waals surface area contributed by atoms with Gasteiger partial charge < -0.3 is 28.6 Å². The second kappa shape index (κ2) is 12.3. The highest BCUT2D eigenvalue weighted by atomic mass is 16.6. The van der Waals surface area contributed by atoms with E-state index in [1.807, 2.05) is 54.6 Å². The zero-order valence-electron chi connectivity index (χ0n) is 20.9. The molecule has 0 radical (unpaired) electrons. The van der Waals surface area contributed by atoms with Crippen LogP contribution in [0.4, 0.5) is 4.79 Å². The van der Waals surface area contributed by atoms with Crippen LogP contribution in [-0.4, -0.2) is 56.5 Å². The molecule has 1 aliphatic heterocycles. The number of methoxy groups -OCH3 is 3. The van der Waals surface area contributed by atoms with Gasteiger partial charge in [-0.25, -0.2) is 4.79 Å². The summed E-state index contributed by atoms with van der Waals surface area (Å²) >= 11 is 0. The molecule has 0 saturated carbocycles. The molecule has 8 heteroatoms. The summed E-state index contributed by atoms with van der Waals surface area (Å²) in [5, 5.41) is 0. The number of hydrogen-bond acceptors (Lipinski definition) is 7. The summed E-state index contributed by atoms with van der Waals surface area (Å²) in [6.07, 6.45) is 3.11. The van der Waals surface area contributed by atoms with Crippen LogP contribution in [-0.2, 0) is 22.7 Å². The number of carbonyl (C=O) groups is 1. The third kappa shape index (κ3) is 6.26. The first kappa shape index (κ1) is 25.3.